The zero-order chi connectivity index (χ0) is 11.7. The van der Waals surface area contributed by atoms with Crippen LogP contribution in [-0.2, 0) is 0 Å². The molecule has 84 valence electrons. The van der Waals surface area contributed by atoms with Crippen LogP contribution < -0.4 is 4.90 Å². The van der Waals surface area contributed by atoms with Crippen molar-refractivity contribution < 1.29 is 0 Å². The van der Waals surface area contributed by atoms with E-state index in [1.54, 1.807) is 6.21 Å². The molecule has 0 spiro atoms. The van der Waals surface area contributed by atoms with Crippen molar-refractivity contribution in [1.29, 1.82) is 0 Å². The Kier molecular flexibility index (Phi) is 2.49. The number of nitrogens with zero attached hydrogens (tertiary/aromatic N) is 2. The van der Waals surface area contributed by atoms with Crippen molar-refractivity contribution in [1.82, 2.24) is 4.98 Å². The van der Waals surface area contributed by atoms with Gasteiger partial charge < -0.3 is 9.88 Å². The maximum Gasteiger partial charge on any atom is 0.127 e. The second kappa shape index (κ2) is 4.14. The van der Waals surface area contributed by atoms with Gasteiger partial charge in [0.1, 0.15) is 11.3 Å². The van der Waals surface area contributed by atoms with E-state index < -0.39 is 0 Å². The number of hydrogen-bond donors (Lipinski definition) is 1. The van der Waals surface area contributed by atoms with E-state index in [9.17, 15) is 0 Å². The van der Waals surface area contributed by atoms with Gasteiger partial charge in [-0.25, -0.2) is 0 Å². The van der Waals surface area contributed by atoms with E-state index in [1.807, 2.05) is 35.4 Å². The average Bonchev–Trinajstić information content (AvgIpc) is 2.39. The fourth-order valence-corrected chi connectivity index (χ4v) is 2.18. The topological polar surface area (TPSA) is 31.4 Å². The van der Waals surface area contributed by atoms with Gasteiger partial charge >= 0.3 is 0 Å². The number of allylic oxidation sites excluding steroid dienone is 1. The summed E-state index contributed by atoms with van der Waals surface area (Å²) in [6, 6.07) is 10.2. The normalized spacial score (nSPS) is 14.5. The molecular weight excluding hydrogens is 230 g/mol. The molecule has 0 aliphatic carbocycles. The van der Waals surface area contributed by atoms with Gasteiger partial charge in [0.15, 0.2) is 0 Å². The Morgan fingerprint density at radius 2 is 2.18 bits per heavy atom. The summed E-state index contributed by atoms with van der Waals surface area (Å²) in [5.74, 6) is 0. The van der Waals surface area contributed by atoms with Gasteiger partial charge in [-0.15, -0.1) is 0 Å². The lowest BCUT2D eigenvalue weighted by molar-refractivity contribution is 0.964. The van der Waals surface area contributed by atoms with Crippen molar-refractivity contribution in [3.8, 4) is 0 Å². The van der Waals surface area contributed by atoms with Crippen LogP contribution in [0.15, 0.2) is 47.6 Å². The summed E-state index contributed by atoms with van der Waals surface area (Å²) in [4.78, 5) is 9.49. The molecule has 17 heavy (non-hydrogen) atoms. The van der Waals surface area contributed by atoms with Crippen molar-refractivity contribution >= 4 is 35.0 Å². The van der Waals surface area contributed by atoms with Crippen molar-refractivity contribution in [3.05, 3.63) is 47.2 Å². The summed E-state index contributed by atoms with van der Waals surface area (Å²) in [6.45, 7) is 0.617. The number of rotatable bonds is 1. The van der Waals surface area contributed by atoms with Gasteiger partial charge in [0.05, 0.1) is 5.69 Å². The predicted octanol–water partition coefficient (Wildman–Crippen LogP) is 3.26. The molecule has 3 nitrogen and oxygen atoms in total. The molecule has 0 atom stereocenters. The minimum atomic E-state index is 0.617. The minimum absolute atomic E-state index is 0.617. The van der Waals surface area contributed by atoms with E-state index in [0.717, 1.165) is 21.2 Å². The van der Waals surface area contributed by atoms with E-state index in [2.05, 4.69) is 22.1 Å². The Morgan fingerprint density at radius 1 is 1.29 bits per heavy atom. The van der Waals surface area contributed by atoms with Crippen LogP contribution in [0.1, 0.15) is 0 Å². The summed E-state index contributed by atoms with van der Waals surface area (Å²) in [5, 5.41) is 1.15. The SMILES string of the molecule is S=c1[nH]c2ccccc2cc1N1C=CC=NC1. The number of aliphatic imine (C=N–C) groups is 1. The number of benzene rings is 1. The standard InChI is InChI=1S/C13H11N3S/c17-13-12(16-7-3-6-14-9-16)8-10-4-1-2-5-11(10)15-13/h1-8H,9H2,(H,15,17). The van der Waals surface area contributed by atoms with E-state index in [0.29, 0.717) is 6.67 Å². The number of anilines is 1. The molecule has 1 aliphatic heterocycles. The van der Waals surface area contributed by atoms with Gasteiger partial charge in [-0.1, -0.05) is 30.4 Å². The van der Waals surface area contributed by atoms with Crippen molar-refractivity contribution in [3.63, 3.8) is 0 Å². The quantitative estimate of drug-likeness (QED) is 0.777. The molecule has 0 saturated heterocycles. The van der Waals surface area contributed by atoms with E-state index in [4.69, 9.17) is 12.2 Å². The zero-order valence-corrected chi connectivity index (χ0v) is 9.95. The lowest BCUT2D eigenvalue weighted by Crippen LogP contribution is -2.18. The second-order valence-electron chi connectivity index (χ2n) is 3.86. The fraction of sp³-hybridized carbons (Fsp3) is 0.0769. The number of para-hydroxylation sites is 1. The second-order valence-corrected chi connectivity index (χ2v) is 4.26. The van der Waals surface area contributed by atoms with Gasteiger partial charge in [0.2, 0.25) is 0 Å². The van der Waals surface area contributed by atoms with E-state index >= 15 is 0 Å². The Balaban J connectivity index is 2.16. The molecule has 0 radical (unpaired) electrons. The molecule has 2 heterocycles. The summed E-state index contributed by atoms with van der Waals surface area (Å²) in [5.41, 5.74) is 2.05. The largest absolute Gasteiger partial charge is 0.344 e. The predicted molar refractivity (Wildman–Crippen MR) is 74.1 cm³/mol. The molecule has 0 fully saturated rings. The van der Waals surface area contributed by atoms with Gasteiger partial charge in [-0.05, 0) is 18.2 Å². The van der Waals surface area contributed by atoms with Crippen LogP contribution in [0.25, 0.3) is 10.9 Å². The Morgan fingerprint density at radius 3 is 3.00 bits per heavy atom. The van der Waals surface area contributed by atoms with Crippen LogP contribution in [0.2, 0.25) is 0 Å². The highest BCUT2D eigenvalue weighted by molar-refractivity contribution is 7.71. The van der Waals surface area contributed by atoms with Crippen molar-refractivity contribution in [2.24, 2.45) is 4.99 Å². The van der Waals surface area contributed by atoms with Crippen molar-refractivity contribution in [2.45, 2.75) is 0 Å². The third-order valence-corrected chi connectivity index (χ3v) is 3.05. The minimum Gasteiger partial charge on any atom is -0.344 e. The molecule has 0 saturated carbocycles. The smallest absolute Gasteiger partial charge is 0.127 e. The maximum atomic E-state index is 5.38. The lowest BCUT2D eigenvalue weighted by Gasteiger charge is -2.20. The Hall–Kier alpha value is -1.94. The summed E-state index contributed by atoms with van der Waals surface area (Å²) in [7, 11) is 0. The highest BCUT2D eigenvalue weighted by Gasteiger charge is 2.07. The number of fused-ring (bicyclic) bond motifs is 1. The van der Waals surface area contributed by atoms with Crippen LogP contribution >= 0.6 is 12.2 Å². The molecule has 1 aromatic heterocycles. The van der Waals surface area contributed by atoms with Crippen LogP contribution in [0.5, 0.6) is 0 Å². The number of aromatic nitrogens is 1. The van der Waals surface area contributed by atoms with Crippen LogP contribution in [0.3, 0.4) is 0 Å². The summed E-state index contributed by atoms with van der Waals surface area (Å²) in [6.07, 6.45) is 5.69. The molecule has 2 aromatic rings. The molecule has 3 rings (SSSR count). The van der Waals surface area contributed by atoms with Gasteiger partial charge in [-0.2, -0.15) is 0 Å². The lowest BCUT2D eigenvalue weighted by atomic mass is 10.2. The number of hydrogen-bond acceptors (Lipinski definition) is 3. The van der Waals surface area contributed by atoms with Crippen LogP contribution in [0.4, 0.5) is 5.69 Å². The Bertz CT molecular complexity index is 670. The molecule has 1 aromatic carbocycles. The first-order valence-electron chi connectivity index (χ1n) is 5.40. The first-order chi connectivity index (χ1) is 8.34. The summed E-state index contributed by atoms with van der Waals surface area (Å²) >= 11 is 5.38. The van der Waals surface area contributed by atoms with Gasteiger partial charge in [-0.3, -0.25) is 4.99 Å². The molecule has 0 bridgehead atoms. The highest BCUT2D eigenvalue weighted by Crippen LogP contribution is 2.22. The fourth-order valence-electron chi connectivity index (χ4n) is 1.89. The third kappa shape index (κ3) is 1.87. The molecule has 1 N–H and O–H groups in total. The molecule has 0 unspecified atom stereocenters. The van der Waals surface area contributed by atoms with E-state index in [-0.39, 0.29) is 0 Å². The zero-order valence-electron chi connectivity index (χ0n) is 9.13. The average molecular weight is 241 g/mol. The Labute approximate surface area is 104 Å². The number of H-pyrrole nitrogens is 1. The number of pyridine rings is 1. The summed E-state index contributed by atoms with van der Waals surface area (Å²) < 4.78 is 0.741. The van der Waals surface area contributed by atoms with E-state index in [1.165, 1.54) is 0 Å². The molecule has 0 amide bonds. The third-order valence-electron chi connectivity index (χ3n) is 2.73. The monoisotopic (exact) mass is 241 g/mol. The highest BCUT2D eigenvalue weighted by atomic mass is 32.1. The molecular formula is C13H11N3S. The number of nitrogens with one attached hydrogen (secondary N) is 1. The van der Waals surface area contributed by atoms with Gasteiger partial charge in [0.25, 0.3) is 0 Å². The van der Waals surface area contributed by atoms with Gasteiger partial charge in [0, 0.05) is 23.3 Å². The van der Waals surface area contributed by atoms with Crippen molar-refractivity contribution in [2.75, 3.05) is 11.6 Å². The first-order valence-corrected chi connectivity index (χ1v) is 5.81. The maximum absolute atomic E-state index is 5.38. The van der Waals surface area contributed by atoms with Crippen LogP contribution in [-0.4, -0.2) is 17.9 Å². The molecule has 4 heteroatoms. The molecule has 1 aliphatic rings. The van der Waals surface area contributed by atoms with Crippen LogP contribution in [0, 0.1) is 4.64 Å². The number of aromatic amines is 1. The first kappa shape index (κ1) is 10.2.